The molecule has 3 rings (SSSR count). The Morgan fingerprint density at radius 1 is 0.611 bits per heavy atom. The van der Waals surface area contributed by atoms with Gasteiger partial charge >= 0.3 is 0 Å². The normalized spacial score (nSPS) is 10.2. The Labute approximate surface area is 105 Å². The van der Waals surface area contributed by atoms with E-state index in [2.05, 4.69) is 15.0 Å². The smallest absolute Gasteiger partial charge is 0.178 e. The summed E-state index contributed by atoms with van der Waals surface area (Å²) in [6, 6.07) is 17.8. The molecule has 3 heteroatoms. The predicted octanol–water partition coefficient (Wildman–Crippen LogP) is 3.21. The molecule has 3 nitrogen and oxygen atoms in total. The van der Waals surface area contributed by atoms with Crippen LogP contribution in [0.5, 0.6) is 0 Å². The van der Waals surface area contributed by atoms with Crippen LogP contribution in [0.15, 0.2) is 67.0 Å². The van der Waals surface area contributed by atoms with E-state index in [9.17, 15) is 0 Å². The van der Waals surface area contributed by atoms with Crippen molar-refractivity contribution in [1.29, 1.82) is 0 Å². The van der Waals surface area contributed by atoms with Gasteiger partial charge in [0, 0.05) is 18.0 Å². The van der Waals surface area contributed by atoms with Crippen LogP contribution in [0.4, 0.5) is 0 Å². The monoisotopic (exact) mass is 233 g/mol. The molecule has 0 atom stereocenters. The Morgan fingerprint density at radius 2 is 1.33 bits per heavy atom. The number of benzene rings is 1. The Balaban J connectivity index is 2.05. The largest absolute Gasteiger partial charge is 0.244 e. The molecule has 18 heavy (non-hydrogen) atoms. The molecule has 2 heterocycles. The second kappa shape index (κ2) is 4.75. The van der Waals surface area contributed by atoms with Gasteiger partial charge in [-0.3, -0.25) is 0 Å². The molecular formula is C15H11N3. The third-order valence-electron chi connectivity index (χ3n) is 2.61. The van der Waals surface area contributed by atoms with E-state index in [-0.39, 0.29) is 0 Å². The Hall–Kier alpha value is -2.55. The summed E-state index contributed by atoms with van der Waals surface area (Å²) in [5.41, 5.74) is 2.81. The predicted molar refractivity (Wildman–Crippen MR) is 70.7 cm³/mol. The molecule has 0 aliphatic carbocycles. The van der Waals surface area contributed by atoms with Crippen LogP contribution >= 0.6 is 0 Å². The molecule has 0 spiro atoms. The highest BCUT2D eigenvalue weighted by molar-refractivity contribution is 5.62. The average molecular weight is 233 g/mol. The van der Waals surface area contributed by atoms with Gasteiger partial charge in [0.1, 0.15) is 5.69 Å². The maximum absolute atomic E-state index is 4.59. The molecule has 0 bridgehead atoms. The Kier molecular flexibility index (Phi) is 2.80. The zero-order valence-electron chi connectivity index (χ0n) is 9.69. The molecule has 1 aromatic carbocycles. The number of aromatic nitrogens is 3. The van der Waals surface area contributed by atoms with E-state index < -0.39 is 0 Å². The molecule has 0 saturated carbocycles. The van der Waals surface area contributed by atoms with Crippen LogP contribution in [0.1, 0.15) is 0 Å². The van der Waals surface area contributed by atoms with Crippen molar-refractivity contribution >= 4 is 0 Å². The maximum atomic E-state index is 4.59. The van der Waals surface area contributed by atoms with Crippen molar-refractivity contribution in [1.82, 2.24) is 15.0 Å². The molecule has 3 aromatic rings. The van der Waals surface area contributed by atoms with Crippen LogP contribution in [0.25, 0.3) is 22.8 Å². The third kappa shape index (κ3) is 2.11. The SMILES string of the molecule is c1ccc(-c2cccc(-c3ncccn3)n2)cc1. The third-order valence-corrected chi connectivity index (χ3v) is 2.61. The maximum Gasteiger partial charge on any atom is 0.178 e. The summed E-state index contributed by atoms with van der Waals surface area (Å²) in [6.07, 6.45) is 3.44. The van der Waals surface area contributed by atoms with Gasteiger partial charge in [-0.05, 0) is 18.2 Å². The van der Waals surface area contributed by atoms with E-state index >= 15 is 0 Å². The quantitative estimate of drug-likeness (QED) is 0.682. The lowest BCUT2D eigenvalue weighted by Crippen LogP contribution is -1.91. The summed E-state index contributed by atoms with van der Waals surface area (Å²) in [5, 5.41) is 0. The fourth-order valence-corrected chi connectivity index (χ4v) is 1.76. The van der Waals surface area contributed by atoms with Gasteiger partial charge < -0.3 is 0 Å². The fraction of sp³-hybridized carbons (Fsp3) is 0. The molecule has 2 aromatic heterocycles. The number of rotatable bonds is 2. The van der Waals surface area contributed by atoms with Crippen LogP contribution < -0.4 is 0 Å². The van der Waals surface area contributed by atoms with Crippen molar-refractivity contribution in [2.75, 3.05) is 0 Å². The van der Waals surface area contributed by atoms with Gasteiger partial charge in [-0.2, -0.15) is 0 Å². The molecule has 0 aliphatic rings. The molecule has 0 amide bonds. The summed E-state index contributed by atoms with van der Waals surface area (Å²) >= 11 is 0. The summed E-state index contributed by atoms with van der Waals surface area (Å²) in [7, 11) is 0. The van der Waals surface area contributed by atoms with Gasteiger partial charge in [-0.1, -0.05) is 36.4 Å². The number of pyridine rings is 1. The minimum atomic E-state index is 0.648. The summed E-state index contributed by atoms with van der Waals surface area (Å²) in [4.78, 5) is 13.0. The topological polar surface area (TPSA) is 38.7 Å². The highest BCUT2D eigenvalue weighted by Gasteiger charge is 2.04. The van der Waals surface area contributed by atoms with Crippen molar-refractivity contribution in [3.63, 3.8) is 0 Å². The van der Waals surface area contributed by atoms with Gasteiger partial charge in [0.2, 0.25) is 0 Å². The van der Waals surface area contributed by atoms with E-state index in [4.69, 9.17) is 0 Å². The number of hydrogen-bond acceptors (Lipinski definition) is 3. The summed E-state index contributed by atoms with van der Waals surface area (Å²) in [5.74, 6) is 0.648. The number of nitrogens with zero attached hydrogens (tertiary/aromatic N) is 3. The van der Waals surface area contributed by atoms with Crippen molar-refractivity contribution in [3.05, 3.63) is 67.0 Å². The summed E-state index contributed by atoms with van der Waals surface area (Å²) < 4.78 is 0. The lowest BCUT2D eigenvalue weighted by atomic mass is 10.1. The minimum absolute atomic E-state index is 0.648. The lowest BCUT2D eigenvalue weighted by Gasteiger charge is -2.03. The van der Waals surface area contributed by atoms with Crippen molar-refractivity contribution in [2.24, 2.45) is 0 Å². The Bertz CT molecular complexity index is 581. The van der Waals surface area contributed by atoms with Crippen LogP contribution in [0.2, 0.25) is 0 Å². The fourth-order valence-electron chi connectivity index (χ4n) is 1.76. The molecule has 0 fully saturated rings. The van der Waals surface area contributed by atoms with Gasteiger partial charge in [0.05, 0.1) is 5.69 Å². The summed E-state index contributed by atoms with van der Waals surface area (Å²) in [6.45, 7) is 0. The second-order valence-electron chi connectivity index (χ2n) is 3.85. The zero-order valence-corrected chi connectivity index (χ0v) is 9.69. The van der Waals surface area contributed by atoms with Crippen molar-refractivity contribution in [3.8, 4) is 22.8 Å². The average Bonchev–Trinajstić information content (AvgIpc) is 2.49. The minimum Gasteiger partial charge on any atom is -0.244 e. The second-order valence-corrected chi connectivity index (χ2v) is 3.85. The molecular weight excluding hydrogens is 222 g/mol. The molecule has 0 unspecified atom stereocenters. The first-order valence-corrected chi connectivity index (χ1v) is 5.73. The molecule has 86 valence electrons. The zero-order chi connectivity index (χ0) is 12.2. The molecule has 0 N–H and O–H groups in total. The first-order valence-electron chi connectivity index (χ1n) is 5.73. The van der Waals surface area contributed by atoms with Crippen molar-refractivity contribution in [2.45, 2.75) is 0 Å². The molecule has 0 saturated heterocycles. The lowest BCUT2D eigenvalue weighted by molar-refractivity contribution is 1.14. The Morgan fingerprint density at radius 3 is 2.11 bits per heavy atom. The van der Waals surface area contributed by atoms with Crippen molar-refractivity contribution < 1.29 is 0 Å². The van der Waals surface area contributed by atoms with E-state index in [0.29, 0.717) is 5.82 Å². The standard InChI is InChI=1S/C15H11N3/c1-2-6-12(7-3-1)13-8-4-9-14(18-13)15-16-10-5-11-17-15/h1-11H. The van der Waals surface area contributed by atoms with Gasteiger partial charge in [0.15, 0.2) is 5.82 Å². The van der Waals surface area contributed by atoms with E-state index in [1.54, 1.807) is 18.5 Å². The van der Waals surface area contributed by atoms with Gasteiger partial charge in [0.25, 0.3) is 0 Å². The highest BCUT2D eigenvalue weighted by atomic mass is 14.9. The van der Waals surface area contributed by atoms with E-state index in [0.717, 1.165) is 17.0 Å². The van der Waals surface area contributed by atoms with Gasteiger partial charge in [-0.25, -0.2) is 15.0 Å². The van der Waals surface area contributed by atoms with Gasteiger partial charge in [-0.15, -0.1) is 0 Å². The van der Waals surface area contributed by atoms with Crippen LogP contribution in [-0.2, 0) is 0 Å². The molecule has 0 aliphatic heterocycles. The molecule has 0 radical (unpaired) electrons. The van der Waals surface area contributed by atoms with Crippen LogP contribution in [0.3, 0.4) is 0 Å². The van der Waals surface area contributed by atoms with Crippen LogP contribution in [-0.4, -0.2) is 15.0 Å². The first-order chi connectivity index (χ1) is 8.93. The van der Waals surface area contributed by atoms with E-state index in [1.165, 1.54) is 0 Å². The van der Waals surface area contributed by atoms with E-state index in [1.807, 2.05) is 48.5 Å². The first kappa shape index (κ1) is 10.6. The van der Waals surface area contributed by atoms with Crippen LogP contribution in [0, 0.1) is 0 Å². The number of hydrogen-bond donors (Lipinski definition) is 0. The highest BCUT2D eigenvalue weighted by Crippen LogP contribution is 2.19.